The third-order valence-electron chi connectivity index (χ3n) is 6.22. The van der Waals surface area contributed by atoms with E-state index in [1.165, 1.54) is 10.4 Å². The summed E-state index contributed by atoms with van der Waals surface area (Å²) >= 11 is 0. The minimum atomic E-state index is -2.70. The van der Waals surface area contributed by atoms with E-state index in [2.05, 4.69) is 100 Å². The van der Waals surface area contributed by atoms with Crippen molar-refractivity contribution >= 4 is 32.9 Å². The highest BCUT2D eigenvalue weighted by molar-refractivity contribution is 6.99. The minimum Gasteiger partial charge on any atom is -0.465 e. The largest absolute Gasteiger partial charge is 0.465 e. The molecule has 1 aliphatic rings. The van der Waals surface area contributed by atoms with Gasteiger partial charge in [-0.1, -0.05) is 101 Å². The molecule has 0 unspecified atom stereocenters. The Morgan fingerprint density at radius 3 is 1.97 bits per heavy atom. The Labute approximate surface area is 201 Å². The predicted molar refractivity (Wildman–Crippen MR) is 141 cm³/mol. The van der Waals surface area contributed by atoms with Crippen LogP contribution in [-0.4, -0.2) is 51.7 Å². The second-order valence-corrected chi connectivity index (χ2v) is 20.1. The molecule has 0 aliphatic carbocycles. The average molecular weight is 480 g/mol. The Morgan fingerprint density at radius 2 is 1.55 bits per heavy atom. The van der Waals surface area contributed by atoms with Crippen LogP contribution in [0.3, 0.4) is 0 Å². The fraction of sp³-hybridized carbons (Fsp3) is 0.444. The number of nitrogens with zero attached hydrogens (tertiary/aromatic N) is 1. The summed E-state index contributed by atoms with van der Waals surface area (Å²) in [5.74, 6) is 3.46. The Hall–Kier alpha value is -2.34. The van der Waals surface area contributed by atoms with Crippen LogP contribution in [-0.2, 0) is 4.43 Å². The zero-order valence-corrected chi connectivity index (χ0v) is 22.8. The van der Waals surface area contributed by atoms with Gasteiger partial charge in [-0.25, -0.2) is 4.79 Å². The maximum Gasteiger partial charge on any atom is 0.407 e. The molecule has 6 heteroatoms. The molecule has 0 spiro atoms. The number of benzene rings is 2. The monoisotopic (exact) mass is 479 g/mol. The molecule has 33 heavy (non-hydrogen) atoms. The van der Waals surface area contributed by atoms with Crippen LogP contribution in [0.1, 0.15) is 27.2 Å². The Kier molecular flexibility index (Phi) is 7.57. The molecule has 0 radical (unpaired) electrons. The van der Waals surface area contributed by atoms with Crippen LogP contribution in [0.4, 0.5) is 4.79 Å². The first-order valence-electron chi connectivity index (χ1n) is 11.7. The van der Waals surface area contributed by atoms with E-state index in [1.54, 1.807) is 4.90 Å². The lowest BCUT2D eigenvalue weighted by Gasteiger charge is -2.44. The van der Waals surface area contributed by atoms with E-state index in [1.807, 2.05) is 12.1 Å². The van der Waals surface area contributed by atoms with Crippen LogP contribution in [0.15, 0.2) is 60.7 Å². The van der Waals surface area contributed by atoms with E-state index >= 15 is 0 Å². The quantitative estimate of drug-likeness (QED) is 0.494. The van der Waals surface area contributed by atoms with E-state index in [-0.39, 0.29) is 17.0 Å². The molecule has 2 aromatic rings. The Morgan fingerprint density at radius 1 is 1.03 bits per heavy atom. The number of likely N-dealkylation sites (tertiary alicyclic amines) is 1. The van der Waals surface area contributed by atoms with E-state index in [4.69, 9.17) is 4.43 Å². The van der Waals surface area contributed by atoms with Crippen LogP contribution in [0.5, 0.6) is 0 Å². The number of amides is 1. The molecule has 1 N–H and O–H groups in total. The Bertz CT molecular complexity index is 961. The van der Waals surface area contributed by atoms with Crippen molar-refractivity contribution < 1.29 is 14.3 Å². The molecule has 1 heterocycles. The van der Waals surface area contributed by atoms with Gasteiger partial charge in [0.2, 0.25) is 0 Å². The predicted octanol–water partition coefficient (Wildman–Crippen LogP) is 4.81. The van der Waals surface area contributed by atoms with Gasteiger partial charge < -0.3 is 14.4 Å². The van der Waals surface area contributed by atoms with Gasteiger partial charge in [0.1, 0.15) is 8.07 Å². The molecule has 2 atom stereocenters. The second kappa shape index (κ2) is 9.88. The second-order valence-electron chi connectivity index (χ2n) is 11.0. The van der Waals surface area contributed by atoms with Crippen molar-refractivity contribution in [2.75, 3.05) is 13.2 Å². The number of hydrogen-bond donors (Lipinski definition) is 1. The molecule has 3 rings (SSSR count). The molecular weight excluding hydrogens is 442 g/mol. The first-order chi connectivity index (χ1) is 15.4. The van der Waals surface area contributed by atoms with Crippen LogP contribution in [0.2, 0.25) is 24.7 Å². The van der Waals surface area contributed by atoms with Gasteiger partial charge >= 0.3 is 6.09 Å². The minimum absolute atomic E-state index is 0.0700. The number of hydrogen-bond acceptors (Lipinski definition) is 2. The molecule has 0 saturated carbocycles. The van der Waals surface area contributed by atoms with Gasteiger partial charge in [-0.15, -0.1) is 11.5 Å². The van der Waals surface area contributed by atoms with E-state index in [9.17, 15) is 9.90 Å². The third-order valence-corrected chi connectivity index (χ3v) is 12.1. The van der Waals surface area contributed by atoms with Crippen molar-refractivity contribution in [1.29, 1.82) is 0 Å². The highest BCUT2D eigenvalue weighted by atomic mass is 28.4. The van der Waals surface area contributed by atoms with Gasteiger partial charge in [-0.3, -0.25) is 0 Å². The maximum atomic E-state index is 12.1. The lowest BCUT2D eigenvalue weighted by atomic mass is 10.1. The molecule has 1 aliphatic heterocycles. The number of carbonyl (C=O) groups is 1. The SMILES string of the molecule is CC(C)(C)[Si](OC[C@H]1C[C@H](C#C[Si](C)(C)C)CN1C(=O)O)(c1ccccc1)c1ccccc1. The van der Waals surface area contributed by atoms with Gasteiger partial charge in [0.05, 0.1) is 12.6 Å². The lowest BCUT2D eigenvalue weighted by molar-refractivity contribution is 0.121. The van der Waals surface area contributed by atoms with Gasteiger partial charge in [0.15, 0.2) is 0 Å². The standard InChI is InChI=1S/C27H37NO3Si2/c1-27(2,3)33(24-13-9-7-10-14-24,25-15-11-8-12-16-25)31-21-23-19-22(17-18-32(4,5)6)20-28(23)26(29)30/h7-16,22-23H,19-21H2,1-6H3,(H,29,30)/t22-,23+/m0/s1. The summed E-state index contributed by atoms with van der Waals surface area (Å²) in [6, 6.07) is 20.8. The molecule has 176 valence electrons. The van der Waals surface area contributed by atoms with Crippen molar-refractivity contribution in [1.82, 2.24) is 4.90 Å². The van der Waals surface area contributed by atoms with Gasteiger partial charge in [-0.05, 0) is 21.8 Å². The summed E-state index contributed by atoms with van der Waals surface area (Å²) in [7, 11) is -4.21. The topological polar surface area (TPSA) is 49.8 Å². The van der Waals surface area contributed by atoms with Crippen molar-refractivity contribution in [3.8, 4) is 11.5 Å². The Balaban J connectivity index is 1.97. The molecule has 2 aromatic carbocycles. The highest BCUT2D eigenvalue weighted by Crippen LogP contribution is 2.37. The van der Waals surface area contributed by atoms with Crippen molar-refractivity contribution in [3.63, 3.8) is 0 Å². The first-order valence-corrected chi connectivity index (χ1v) is 17.1. The molecule has 4 nitrogen and oxygen atoms in total. The van der Waals surface area contributed by atoms with Gasteiger partial charge in [0, 0.05) is 12.5 Å². The summed E-state index contributed by atoms with van der Waals surface area (Å²) in [6.07, 6.45) is -0.162. The molecular formula is C27H37NO3Si2. The van der Waals surface area contributed by atoms with Crippen LogP contribution in [0, 0.1) is 17.4 Å². The number of carboxylic acid groups (broad SMARTS) is 1. The maximum absolute atomic E-state index is 12.1. The zero-order chi connectivity index (χ0) is 24.3. The van der Waals surface area contributed by atoms with Gasteiger partial charge in [0.25, 0.3) is 8.32 Å². The molecule has 0 bridgehead atoms. The van der Waals surface area contributed by atoms with Crippen LogP contribution >= 0.6 is 0 Å². The first kappa shape index (κ1) is 25.3. The zero-order valence-electron chi connectivity index (χ0n) is 20.8. The fourth-order valence-electron chi connectivity index (χ4n) is 4.71. The average Bonchev–Trinajstić information content (AvgIpc) is 3.16. The summed E-state index contributed by atoms with van der Waals surface area (Å²) in [5, 5.41) is 12.2. The summed E-state index contributed by atoms with van der Waals surface area (Å²) in [5.41, 5.74) is 3.43. The van der Waals surface area contributed by atoms with E-state index in [0.717, 1.165) is 6.42 Å². The van der Waals surface area contributed by atoms with Crippen molar-refractivity contribution in [2.45, 2.75) is 57.9 Å². The van der Waals surface area contributed by atoms with E-state index < -0.39 is 22.5 Å². The lowest BCUT2D eigenvalue weighted by Crippen LogP contribution is -2.67. The third kappa shape index (κ3) is 5.78. The molecule has 1 fully saturated rings. The van der Waals surface area contributed by atoms with Crippen LogP contribution < -0.4 is 10.4 Å². The summed E-state index contributed by atoms with van der Waals surface area (Å²) in [6.45, 7) is 14.2. The van der Waals surface area contributed by atoms with E-state index in [0.29, 0.717) is 13.2 Å². The normalized spacial score (nSPS) is 19.2. The van der Waals surface area contributed by atoms with Gasteiger partial charge in [-0.2, -0.15) is 0 Å². The molecule has 0 aromatic heterocycles. The smallest absolute Gasteiger partial charge is 0.407 e. The molecule has 1 amide bonds. The summed E-state index contributed by atoms with van der Waals surface area (Å²) < 4.78 is 7.02. The molecule has 1 saturated heterocycles. The fourth-order valence-corrected chi connectivity index (χ4v) is 9.95. The number of rotatable bonds is 5. The summed E-state index contributed by atoms with van der Waals surface area (Å²) in [4.78, 5) is 13.6. The van der Waals surface area contributed by atoms with Crippen molar-refractivity contribution in [2.24, 2.45) is 5.92 Å². The van der Waals surface area contributed by atoms with Crippen LogP contribution in [0.25, 0.3) is 0 Å². The highest BCUT2D eigenvalue weighted by Gasteiger charge is 2.51. The van der Waals surface area contributed by atoms with Crippen molar-refractivity contribution in [3.05, 3.63) is 60.7 Å².